The summed E-state index contributed by atoms with van der Waals surface area (Å²) in [7, 11) is 0. The normalized spacial score (nSPS) is 10.8. The highest BCUT2D eigenvalue weighted by atomic mass is 79.9. The van der Waals surface area contributed by atoms with Gasteiger partial charge in [0, 0.05) is 16.6 Å². The van der Waals surface area contributed by atoms with Gasteiger partial charge in [-0.2, -0.15) is 0 Å². The van der Waals surface area contributed by atoms with Crippen LogP contribution in [-0.4, -0.2) is 27.4 Å². The zero-order chi connectivity index (χ0) is 19.2. The lowest BCUT2D eigenvalue weighted by molar-refractivity contribution is 0.299. The number of nitrogens with zero attached hydrogens (tertiary/aromatic N) is 2. The van der Waals surface area contributed by atoms with Crippen LogP contribution in [-0.2, 0) is 6.42 Å². The van der Waals surface area contributed by atoms with Crippen LogP contribution in [0.4, 0.5) is 17.2 Å². The molecule has 1 heterocycles. The summed E-state index contributed by atoms with van der Waals surface area (Å²) in [5, 5.41) is 13.3. The highest BCUT2D eigenvalue weighted by molar-refractivity contribution is 9.10. The van der Waals surface area contributed by atoms with Crippen LogP contribution < -0.4 is 11.1 Å². The van der Waals surface area contributed by atoms with Gasteiger partial charge < -0.3 is 16.2 Å². The Kier molecular flexibility index (Phi) is 6.71. The second-order valence-corrected chi connectivity index (χ2v) is 7.91. The van der Waals surface area contributed by atoms with Gasteiger partial charge in [-0.3, -0.25) is 0 Å². The first-order chi connectivity index (χ1) is 13.1. The second-order valence-electron chi connectivity index (χ2n) is 5.83. The molecule has 3 aromatic rings. The van der Waals surface area contributed by atoms with E-state index in [2.05, 4.69) is 33.2 Å². The number of halogens is 1. The number of hydrogen-bond donors (Lipinski definition) is 3. The van der Waals surface area contributed by atoms with E-state index in [1.54, 1.807) is 11.8 Å². The van der Waals surface area contributed by atoms with Gasteiger partial charge in [0.05, 0.1) is 5.69 Å². The van der Waals surface area contributed by atoms with E-state index in [0.717, 1.165) is 32.7 Å². The molecule has 0 aliphatic rings. The minimum absolute atomic E-state index is 0.106. The molecule has 0 unspecified atom stereocenters. The Labute approximate surface area is 171 Å². The lowest BCUT2D eigenvalue weighted by Gasteiger charge is -2.16. The maximum atomic E-state index is 9.25. The van der Waals surface area contributed by atoms with Crippen molar-refractivity contribution in [2.45, 2.75) is 18.5 Å². The molecular weight excluding hydrogens is 424 g/mol. The fraction of sp³-hybridized carbons (Fsp3) is 0.200. The number of para-hydroxylation sites is 1. The van der Waals surface area contributed by atoms with Crippen molar-refractivity contribution in [3.63, 3.8) is 0 Å². The van der Waals surface area contributed by atoms with Crippen molar-refractivity contribution in [3.8, 4) is 11.3 Å². The van der Waals surface area contributed by atoms with Gasteiger partial charge in [-0.15, -0.1) is 0 Å². The van der Waals surface area contributed by atoms with Crippen LogP contribution in [0.2, 0.25) is 0 Å². The van der Waals surface area contributed by atoms with E-state index >= 15 is 0 Å². The van der Waals surface area contributed by atoms with E-state index in [9.17, 15) is 5.11 Å². The van der Waals surface area contributed by atoms with E-state index in [1.807, 2.05) is 48.5 Å². The highest BCUT2D eigenvalue weighted by Gasteiger charge is 2.16. The number of nitrogens with one attached hydrogen (secondary N) is 1. The fourth-order valence-electron chi connectivity index (χ4n) is 2.68. The van der Waals surface area contributed by atoms with Crippen LogP contribution in [0.15, 0.2) is 58.2 Å². The first kappa shape index (κ1) is 19.7. The lowest BCUT2D eigenvalue weighted by Crippen LogP contribution is -2.05. The van der Waals surface area contributed by atoms with Crippen molar-refractivity contribution >= 4 is 44.9 Å². The molecule has 0 atom stereocenters. The third kappa shape index (κ3) is 4.80. The number of rotatable bonds is 7. The molecule has 0 fully saturated rings. The summed E-state index contributed by atoms with van der Waals surface area (Å²) < 4.78 is 0.927. The molecule has 0 aliphatic heterocycles. The third-order valence-electron chi connectivity index (χ3n) is 3.92. The number of benzene rings is 2. The second kappa shape index (κ2) is 9.21. The maximum absolute atomic E-state index is 9.25. The molecule has 0 spiro atoms. The highest BCUT2D eigenvalue weighted by Crippen LogP contribution is 2.36. The van der Waals surface area contributed by atoms with Crippen LogP contribution in [0.3, 0.4) is 0 Å². The molecule has 0 bridgehead atoms. The topological polar surface area (TPSA) is 84.1 Å². The molecule has 0 aliphatic carbocycles. The smallest absolute Gasteiger partial charge is 0.190 e. The molecule has 7 heteroatoms. The van der Waals surface area contributed by atoms with Crippen LogP contribution in [0.25, 0.3) is 11.3 Å². The Hall–Kier alpha value is -2.09. The van der Waals surface area contributed by atoms with E-state index in [1.165, 1.54) is 0 Å². The van der Waals surface area contributed by atoms with Crippen molar-refractivity contribution in [2.24, 2.45) is 0 Å². The van der Waals surface area contributed by atoms with Gasteiger partial charge >= 0.3 is 0 Å². The van der Waals surface area contributed by atoms with Gasteiger partial charge in [0.2, 0.25) is 0 Å². The maximum Gasteiger partial charge on any atom is 0.190 e. The molecule has 2 aromatic carbocycles. The monoisotopic (exact) mass is 444 g/mol. The minimum atomic E-state index is 0.106. The van der Waals surface area contributed by atoms with Gasteiger partial charge in [-0.05, 0) is 51.9 Å². The standard InChI is InChI=1S/C20H21BrN4OS/c1-2-27-20-24-17(14-7-5-6-13(12-14)10-11-26)18(19(22)25-20)23-16-9-4-3-8-15(16)21/h3-9,12,23,26H,2,10-11H2,1H3,(H2,22,24,25). The molecule has 0 radical (unpaired) electrons. The number of aliphatic hydroxyl groups is 1. The number of nitrogen functional groups attached to an aromatic ring is 1. The molecule has 140 valence electrons. The van der Waals surface area contributed by atoms with Crippen LogP contribution >= 0.6 is 27.7 Å². The van der Waals surface area contributed by atoms with Crippen molar-refractivity contribution in [1.29, 1.82) is 0 Å². The predicted molar refractivity (Wildman–Crippen MR) is 116 cm³/mol. The third-order valence-corrected chi connectivity index (χ3v) is 5.35. The SMILES string of the molecule is CCSc1nc(N)c(Nc2ccccc2Br)c(-c2cccc(CCO)c2)n1. The molecule has 5 nitrogen and oxygen atoms in total. The molecule has 27 heavy (non-hydrogen) atoms. The van der Waals surface area contributed by atoms with Gasteiger partial charge in [0.1, 0.15) is 11.4 Å². The Morgan fingerprint density at radius 2 is 1.96 bits per heavy atom. The van der Waals surface area contributed by atoms with Gasteiger partial charge in [-0.25, -0.2) is 9.97 Å². The predicted octanol–water partition coefficient (Wildman–Crippen LogP) is 4.88. The summed E-state index contributed by atoms with van der Waals surface area (Å²) in [5.74, 6) is 1.26. The lowest BCUT2D eigenvalue weighted by atomic mass is 10.0. The van der Waals surface area contributed by atoms with Crippen molar-refractivity contribution in [1.82, 2.24) is 9.97 Å². The van der Waals surface area contributed by atoms with Crippen LogP contribution in [0.1, 0.15) is 12.5 Å². The molecular formula is C20H21BrN4OS. The number of nitrogens with two attached hydrogens (primary N) is 1. The largest absolute Gasteiger partial charge is 0.396 e. The van der Waals surface area contributed by atoms with Crippen LogP contribution in [0.5, 0.6) is 0 Å². The molecule has 4 N–H and O–H groups in total. The fourth-order valence-corrected chi connectivity index (χ4v) is 3.64. The zero-order valence-corrected chi connectivity index (χ0v) is 17.3. The summed E-state index contributed by atoms with van der Waals surface area (Å²) in [4.78, 5) is 9.20. The molecule has 0 saturated carbocycles. The Bertz CT molecular complexity index is 936. The van der Waals surface area contributed by atoms with Gasteiger partial charge in [0.15, 0.2) is 11.0 Å². The summed E-state index contributed by atoms with van der Waals surface area (Å²) in [6.45, 7) is 2.16. The van der Waals surface area contributed by atoms with E-state index < -0.39 is 0 Å². The molecule has 3 rings (SSSR count). The Morgan fingerprint density at radius 1 is 1.15 bits per heavy atom. The summed E-state index contributed by atoms with van der Waals surface area (Å²) in [5.41, 5.74) is 10.6. The zero-order valence-electron chi connectivity index (χ0n) is 14.9. The number of aromatic nitrogens is 2. The minimum Gasteiger partial charge on any atom is -0.396 e. The average molecular weight is 445 g/mol. The number of aliphatic hydroxyl groups excluding tert-OH is 1. The van der Waals surface area contributed by atoms with E-state index in [4.69, 9.17) is 10.7 Å². The van der Waals surface area contributed by atoms with Crippen LogP contribution in [0, 0.1) is 0 Å². The number of thioether (sulfide) groups is 1. The Morgan fingerprint density at radius 3 is 2.70 bits per heavy atom. The molecule has 0 amide bonds. The number of hydrogen-bond acceptors (Lipinski definition) is 6. The van der Waals surface area contributed by atoms with Crippen molar-refractivity contribution in [2.75, 3.05) is 23.4 Å². The quantitative estimate of drug-likeness (QED) is 0.355. The first-order valence-corrected chi connectivity index (χ1v) is 10.4. The van der Waals surface area contributed by atoms with Gasteiger partial charge in [0.25, 0.3) is 0 Å². The summed E-state index contributed by atoms with van der Waals surface area (Å²) in [6, 6.07) is 15.8. The molecule has 1 aromatic heterocycles. The molecule has 0 saturated heterocycles. The number of anilines is 3. The van der Waals surface area contributed by atoms with Crippen molar-refractivity contribution < 1.29 is 5.11 Å². The van der Waals surface area contributed by atoms with E-state index in [0.29, 0.717) is 23.1 Å². The van der Waals surface area contributed by atoms with E-state index in [-0.39, 0.29) is 6.61 Å². The summed E-state index contributed by atoms with van der Waals surface area (Å²) in [6.07, 6.45) is 0.595. The average Bonchev–Trinajstić information content (AvgIpc) is 2.66. The van der Waals surface area contributed by atoms with Crippen molar-refractivity contribution in [3.05, 3.63) is 58.6 Å². The van der Waals surface area contributed by atoms with Gasteiger partial charge in [-0.1, -0.05) is 49.0 Å². The first-order valence-electron chi connectivity index (χ1n) is 8.64. The summed E-state index contributed by atoms with van der Waals surface area (Å²) >= 11 is 5.11. The Balaban J connectivity index is 2.12.